The van der Waals surface area contributed by atoms with Crippen molar-refractivity contribution in [2.75, 3.05) is 11.1 Å². The van der Waals surface area contributed by atoms with E-state index in [0.717, 1.165) is 33.2 Å². The summed E-state index contributed by atoms with van der Waals surface area (Å²) in [6, 6.07) is 7.85. The molecule has 0 bridgehead atoms. The summed E-state index contributed by atoms with van der Waals surface area (Å²) in [6.45, 7) is 0. The quantitative estimate of drug-likeness (QED) is 0.359. The number of rotatable bonds is 6. The molecular weight excluding hydrogens is 436 g/mol. The largest absolute Gasteiger partial charge is 0.468 e. The molecule has 1 aliphatic carbocycles. The number of hydrogen-bond donors (Lipinski definition) is 1. The van der Waals surface area contributed by atoms with Gasteiger partial charge in [-0.15, -0.1) is 11.3 Å². The highest BCUT2D eigenvalue weighted by Gasteiger charge is 2.27. The summed E-state index contributed by atoms with van der Waals surface area (Å²) in [4.78, 5) is 29.6. The normalized spacial score (nSPS) is 13.5. The monoisotopic (exact) mass is 454 g/mol. The molecule has 3 heterocycles. The number of thiazole rings is 1. The number of benzene rings is 1. The van der Waals surface area contributed by atoms with Crippen LogP contribution in [0, 0.1) is 0 Å². The molecule has 30 heavy (non-hydrogen) atoms. The lowest BCUT2D eigenvalue weighted by Crippen LogP contribution is -2.17. The molecule has 1 aromatic carbocycles. The second-order valence-electron chi connectivity index (χ2n) is 7.07. The Morgan fingerprint density at radius 3 is 3.07 bits per heavy atom. The first-order chi connectivity index (χ1) is 14.7. The van der Waals surface area contributed by atoms with Crippen molar-refractivity contribution in [3.63, 3.8) is 0 Å². The van der Waals surface area contributed by atoms with E-state index >= 15 is 0 Å². The lowest BCUT2D eigenvalue weighted by atomic mass is 9.94. The number of carbonyl (C=O) groups is 2. The molecule has 0 radical (unpaired) electrons. The molecule has 3 aromatic heterocycles. The van der Waals surface area contributed by atoms with E-state index in [2.05, 4.69) is 27.1 Å². The maximum absolute atomic E-state index is 12.7. The number of furan rings is 1. The molecule has 0 spiro atoms. The lowest BCUT2D eigenvalue weighted by molar-refractivity contribution is 0.0955. The van der Waals surface area contributed by atoms with Crippen LogP contribution in [-0.2, 0) is 12.8 Å². The molecule has 5 nitrogen and oxygen atoms in total. The number of amides is 1. The van der Waals surface area contributed by atoms with Crippen LogP contribution in [0.15, 0.2) is 50.0 Å². The van der Waals surface area contributed by atoms with Gasteiger partial charge in [-0.3, -0.25) is 9.59 Å². The molecule has 0 atom stereocenters. The minimum atomic E-state index is -0.315. The smallest absolute Gasteiger partial charge is 0.259 e. The van der Waals surface area contributed by atoms with E-state index in [4.69, 9.17) is 4.42 Å². The predicted molar refractivity (Wildman–Crippen MR) is 122 cm³/mol. The van der Waals surface area contributed by atoms with Crippen LogP contribution in [0.2, 0.25) is 0 Å². The predicted octanol–water partition coefficient (Wildman–Crippen LogP) is 6.06. The van der Waals surface area contributed by atoms with Gasteiger partial charge in [-0.25, -0.2) is 4.98 Å². The highest BCUT2D eigenvalue weighted by molar-refractivity contribution is 8.01. The van der Waals surface area contributed by atoms with Gasteiger partial charge in [0, 0.05) is 24.3 Å². The van der Waals surface area contributed by atoms with Gasteiger partial charge in [0.1, 0.15) is 12.0 Å². The Hall–Kier alpha value is -2.42. The van der Waals surface area contributed by atoms with Crippen LogP contribution in [0.4, 0.5) is 5.69 Å². The second kappa shape index (κ2) is 8.37. The summed E-state index contributed by atoms with van der Waals surface area (Å²) < 4.78 is 7.51. The number of ketones is 1. The molecule has 0 fully saturated rings. The maximum atomic E-state index is 12.7. The fourth-order valence-corrected chi connectivity index (χ4v) is 6.39. The zero-order valence-electron chi connectivity index (χ0n) is 16.0. The number of aromatic nitrogens is 1. The number of carbonyl (C=O) groups excluding carboxylic acids is 2. The number of thioether (sulfide) groups is 1. The third-order valence-electron chi connectivity index (χ3n) is 5.02. The molecule has 1 N–H and O–H groups in total. The highest BCUT2D eigenvalue weighted by Crippen LogP contribution is 2.32. The summed E-state index contributed by atoms with van der Waals surface area (Å²) in [7, 11) is 0. The zero-order valence-corrected chi connectivity index (χ0v) is 18.4. The first-order valence-corrected chi connectivity index (χ1v) is 12.4. The Morgan fingerprint density at radius 1 is 1.27 bits per heavy atom. The van der Waals surface area contributed by atoms with Crippen LogP contribution >= 0.6 is 34.4 Å². The van der Waals surface area contributed by atoms with Crippen LogP contribution in [-0.4, -0.2) is 22.4 Å². The van der Waals surface area contributed by atoms with Gasteiger partial charge in [-0.1, -0.05) is 11.8 Å². The van der Waals surface area contributed by atoms with E-state index in [1.807, 2.05) is 18.2 Å². The SMILES string of the molecule is O=C(Nc1ccc2nc(SCCc3ccsc3)sc2c1)c1coc2c1C(=O)CCC2. The summed E-state index contributed by atoms with van der Waals surface area (Å²) in [5.74, 6) is 1.28. The van der Waals surface area contributed by atoms with Gasteiger partial charge >= 0.3 is 0 Å². The van der Waals surface area contributed by atoms with Crippen LogP contribution < -0.4 is 5.32 Å². The Bertz CT molecular complexity index is 1220. The number of nitrogens with zero attached hydrogens (tertiary/aromatic N) is 1. The van der Waals surface area contributed by atoms with Gasteiger partial charge in [0.2, 0.25) is 0 Å². The fraction of sp³-hybridized carbons (Fsp3) is 0.227. The third kappa shape index (κ3) is 3.95. The van der Waals surface area contributed by atoms with Crippen LogP contribution in [0.3, 0.4) is 0 Å². The number of Topliss-reactive ketones (excluding diaryl/α,β-unsaturated/α-hetero) is 1. The summed E-state index contributed by atoms with van der Waals surface area (Å²) >= 11 is 5.10. The minimum absolute atomic E-state index is 0.0165. The van der Waals surface area contributed by atoms with Crippen LogP contribution in [0.25, 0.3) is 10.2 Å². The van der Waals surface area contributed by atoms with Crippen LogP contribution in [0.5, 0.6) is 0 Å². The Kier molecular flexibility index (Phi) is 5.45. The molecule has 5 rings (SSSR count). The van der Waals surface area contributed by atoms with E-state index in [9.17, 15) is 9.59 Å². The molecule has 0 aliphatic heterocycles. The van der Waals surface area contributed by atoms with Gasteiger partial charge in [0.15, 0.2) is 10.1 Å². The summed E-state index contributed by atoms with van der Waals surface area (Å²) in [5, 5.41) is 7.18. The van der Waals surface area contributed by atoms with Crippen molar-refractivity contribution >= 4 is 62.0 Å². The number of anilines is 1. The minimum Gasteiger partial charge on any atom is -0.468 e. The fourth-order valence-electron chi connectivity index (χ4n) is 3.52. The molecule has 1 aliphatic rings. The van der Waals surface area contributed by atoms with Crippen LogP contribution in [0.1, 0.15) is 44.9 Å². The number of thiophene rings is 1. The molecular formula is C22H18N2O3S3. The third-order valence-corrected chi connectivity index (χ3v) is 7.92. The van der Waals surface area contributed by atoms with Gasteiger partial charge in [-0.2, -0.15) is 11.3 Å². The average Bonchev–Trinajstić information content (AvgIpc) is 3.47. The Labute approximate surface area is 185 Å². The van der Waals surface area contributed by atoms with Crippen molar-refractivity contribution in [3.05, 3.63) is 63.7 Å². The first kappa shape index (κ1) is 19.5. The van der Waals surface area contributed by atoms with Crippen molar-refractivity contribution < 1.29 is 14.0 Å². The summed E-state index contributed by atoms with van der Waals surface area (Å²) in [6.07, 6.45) is 4.37. The molecule has 0 unspecified atom stereocenters. The summed E-state index contributed by atoms with van der Waals surface area (Å²) in [5.41, 5.74) is 3.74. The number of fused-ring (bicyclic) bond motifs is 2. The van der Waals surface area contributed by atoms with Gasteiger partial charge in [0.05, 0.1) is 21.3 Å². The topological polar surface area (TPSA) is 72.2 Å². The van der Waals surface area contributed by atoms with E-state index in [1.165, 1.54) is 11.8 Å². The van der Waals surface area contributed by atoms with E-state index in [0.29, 0.717) is 35.4 Å². The molecule has 0 saturated heterocycles. The standard InChI is InChI=1S/C22H18N2O3S3/c25-17-2-1-3-18-20(17)15(11-27-18)21(26)23-14-4-5-16-19(10-14)30-22(24-16)29-9-7-13-6-8-28-12-13/h4-6,8,10-12H,1-3,7,9H2,(H,23,26). The van der Waals surface area contributed by atoms with E-state index in [1.54, 1.807) is 34.4 Å². The van der Waals surface area contributed by atoms with Gasteiger partial charge in [-0.05, 0) is 53.4 Å². The van der Waals surface area contributed by atoms with Crippen molar-refractivity contribution in [1.29, 1.82) is 0 Å². The van der Waals surface area contributed by atoms with Gasteiger partial charge in [0.25, 0.3) is 5.91 Å². The molecule has 0 saturated carbocycles. The molecule has 8 heteroatoms. The van der Waals surface area contributed by atoms with E-state index < -0.39 is 0 Å². The lowest BCUT2D eigenvalue weighted by Gasteiger charge is -2.10. The Balaban J connectivity index is 1.29. The maximum Gasteiger partial charge on any atom is 0.259 e. The molecule has 1 amide bonds. The second-order valence-corrected chi connectivity index (χ2v) is 10.2. The van der Waals surface area contributed by atoms with Crippen molar-refractivity contribution in [3.8, 4) is 0 Å². The van der Waals surface area contributed by atoms with Crippen molar-refractivity contribution in [2.45, 2.75) is 30.0 Å². The molecule has 152 valence electrons. The van der Waals surface area contributed by atoms with E-state index in [-0.39, 0.29) is 11.7 Å². The number of aryl methyl sites for hydroxylation is 2. The average molecular weight is 455 g/mol. The Morgan fingerprint density at radius 2 is 2.20 bits per heavy atom. The number of nitrogens with one attached hydrogen (secondary N) is 1. The van der Waals surface area contributed by atoms with Crippen molar-refractivity contribution in [2.24, 2.45) is 0 Å². The first-order valence-electron chi connectivity index (χ1n) is 9.67. The number of hydrogen-bond acceptors (Lipinski definition) is 7. The zero-order chi connectivity index (χ0) is 20.5. The molecule has 4 aromatic rings. The highest BCUT2D eigenvalue weighted by atomic mass is 32.2. The van der Waals surface area contributed by atoms with Gasteiger partial charge < -0.3 is 9.73 Å². The van der Waals surface area contributed by atoms with Crippen molar-refractivity contribution in [1.82, 2.24) is 4.98 Å².